The Balaban J connectivity index is 1.45. The van der Waals surface area contributed by atoms with Gasteiger partial charge in [0.05, 0.1) is 24.0 Å². The van der Waals surface area contributed by atoms with Crippen molar-refractivity contribution in [3.8, 4) is 11.3 Å². The molecular weight excluding hydrogens is 336 g/mol. The summed E-state index contributed by atoms with van der Waals surface area (Å²) in [6, 6.07) is 5.57. The number of aromatic nitrogens is 4. The quantitative estimate of drug-likeness (QED) is 0.757. The molecule has 1 atom stereocenters. The fourth-order valence-corrected chi connectivity index (χ4v) is 3.69. The van der Waals surface area contributed by atoms with Crippen molar-refractivity contribution < 1.29 is 4.79 Å². The van der Waals surface area contributed by atoms with E-state index in [1.54, 1.807) is 23.9 Å². The van der Waals surface area contributed by atoms with Crippen molar-refractivity contribution in [1.82, 2.24) is 25.1 Å². The molecule has 8 heteroatoms. The zero-order valence-electron chi connectivity index (χ0n) is 13.8. The monoisotopic (exact) mass is 354 g/mol. The lowest BCUT2D eigenvalue weighted by atomic mass is 10.1. The number of hydrogen-bond acceptors (Lipinski definition) is 5. The SMILES string of the molecule is Cc1cc(-c2ncccc2NC(=O)NC2CCc3ncnn3C2)cs1. The fourth-order valence-electron chi connectivity index (χ4n) is 3.00. The number of thiophene rings is 1. The molecule has 0 aliphatic carbocycles. The fraction of sp³-hybridized carbons (Fsp3) is 0.294. The first kappa shape index (κ1) is 15.8. The first-order valence-electron chi connectivity index (χ1n) is 8.14. The van der Waals surface area contributed by atoms with Crippen LogP contribution < -0.4 is 10.6 Å². The minimum atomic E-state index is -0.227. The number of aryl methyl sites for hydroxylation is 2. The normalized spacial score (nSPS) is 16.3. The summed E-state index contributed by atoms with van der Waals surface area (Å²) in [7, 11) is 0. The predicted molar refractivity (Wildman–Crippen MR) is 96.6 cm³/mol. The Labute approximate surface area is 149 Å². The second-order valence-electron chi connectivity index (χ2n) is 6.04. The molecule has 1 unspecified atom stereocenters. The molecule has 3 aromatic rings. The van der Waals surface area contributed by atoms with Crippen LogP contribution in [0.15, 0.2) is 36.1 Å². The van der Waals surface area contributed by atoms with Crippen molar-refractivity contribution in [3.63, 3.8) is 0 Å². The number of urea groups is 1. The van der Waals surface area contributed by atoms with Crippen LogP contribution >= 0.6 is 11.3 Å². The summed E-state index contributed by atoms with van der Waals surface area (Å²) < 4.78 is 1.85. The minimum Gasteiger partial charge on any atom is -0.333 e. The summed E-state index contributed by atoms with van der Waals surface area (Å²) in [5.41, 5.74) is 2.50. The second-order valence-corrected chi connectivity index (χ2v) is 7.15. The lowest BCUT2D eigenvalue weighted by Crippen LogP contribution is -2.43. The summed E-state index contributed by atoms with van der Waals surface area (Å²) in [6.07, 6.45) is 4.97. The zero-order valence-corrected chi connectivity index (χ0v) is 14.6. The second kappa shape index (κ2) is 6.64. The van der Waals surface area contributed by atoms with Crippen LogP contribution in [0.4, 0.5) is 10.5 Å². The number of carbonyl (C=O) groups is 1. The van der Waals surface area contributed by atoms with Gasteiger partial charge in [-0.1, -0.05) is 0 Å². The third kappa shape index (κ3) is 3.39. The third-order valence-corrected chi connectivity index (χ3v) is 5.06. The third-order valence-electron chi connectivity index (χ3n) is 4.20. The Bertz CT molecular complexity index is 902. The maximum Gasteiger partial charge on any atom is 0.319 e. The molecule has 3 aromatic heterocycles. The van der Waals surface area contributed by atoms with Crippen molar-refractivity contribution in [1.29, 1.82) is 0 Å². The number of carbonyl (C=O) groups excluding carboxylic acids is 1. The Kier molecular flexibility index (Phi) is 4.19. The lowest BCUT2D eigenvalue weighted by molar-refractivity contribution is 0.243. The van der Waals surface area contributed by atoms with E-state index < -0.39 is 0 Å². The molecule has 0 fully saturated rings. The van der Waals surface area contributed by atoms with Crippen molar-refractivity contribution >= 4 is 23.1 Å². The summed E-state index contributed by atoms with van der Waals surface area (Å²) in [5, 5.41) is 12.2. The molecule has 7 nitrogen and oxygen atoms in total. The number of nitrogens with zero attached hydrogens (tertiary/aromatic N) is 4. The van der Waals surface area contributed by atoms with Gasteiger partial charge in [-0.15, -0.1) is 11.3 Å². The average Bonchev–Trinajstić information content (AvgIpc) is 3.23. The van der Waals surface area contributed by atoms with E-state index in [1.807, 2.05) is 22.2 Å². The van der Waals surface area contributed by atoms with E-state index in [2.05, 4.69) is 38.7 Å². The van der Waals surface area contributed by atoms with Crippen molar-refractivity contribution in [2.24, 2.45) is 0 Å². The summed E-state index contributed by atoms with van der Waals surface area (Å²) >= 11 is 1.67. The van der Waals surface area contributed by atoms with Gasteiger partial charge in [-0.05, 0) is 31.5 Å². The average molecular weight is 354 g/mol. The highest BCUT2D eigenvalue weighted by Gasteiger charge is 2.21. The molecule has 128 valence electrons. The minimum absolute atomic E-state index is 0.0395. The Morgan fingerprint density at radius 1 is 1.40 bits per heavy atom. The number of fused-ring (bicyclic) bond motifs is 1. The molecule has 0 saturated heterocycles. The maximum absolute atomic E-state index is 12.4. The molecular formula is C17H18N6OS. The highest BCUT2D eigenvalue weighted by molar-refractivity contribution is 7.10. The van der Waals surface area contributed by atoms with E-state index in [4.69, 9.17) is 0 Å². The number of rotatable bonds is 3. The molecule has 2 N–H and O–H groups in total. The van der Waals surface area contributed by atoms with Gasteiger partial charge in [0.25, 0.3) is 0 Å². The molecule has 2 amide bonds. The van der Waals surface area contributed by atoms with Crippen LogP contribution in [0.2, 0.25) is 0 Å². The van der Waals surface area contributed by atoms with Crippen LogP contribution in [0.1, 0.15) is 17.1 Å². The molecule has 1 aliphatic heterocycles. The zero-order chi connectivity index (χ0) is 17.2. The van der Waals surface area contributed by atoms with Crippen LogP contribution in [-0.4, -0.2) is 31.8 Å². The summed E-state index contributed by atoms with van der Waals surface area (Å²) in [5.74, 6) is 0.973. The number of amides is 2. The van der Waals surface area contributed by atoms with Crippen molar-refractivity contribution in [2.45, 2.75) is 32.4 Å². The molecule has 4 rings (SSSR count). The molecule has 0 bridgehead atoms. The van der Waals surface area contributed by atoms with E-state index >= 15 is 0 Å². The van der Waals surface area contributed by atoms with Gasteiger partial charge in [0.1, 0.15) is 12.2 Å². The van der Waals surface area contributed by atoms with Gasteiger partial charge in [0.2, 0.25) is 0 Å². The number of nitrogens with one attached hydrogen (secondary N) is 2. The van der Waals surface area contributed by atoms with Gasteiger partial charge < -0.3 is 10.6 Å². The number of pyridine rings is 1. The van der Waals surface area contributed by atoms with Gasteiger partial charge >= 0.3 is 6.03 Å². The van der Waals surface area contributed by atoms with Crippen LogP contribution in [0, 0.1) is 6.92 Å². The van der Waals surface area contributed by atoms with Crippen molar-refractivity contribution in [3.05, 3.63) is 46.8 Å². The first-order valence-corrected chi connectivity index (χ1v) is 9.02. The van der Waals surface area contributed by atoms with Crippen LogP contribution in [0.25, 0.3) is 11.3 Å². The molecule has 4 heterocycles. The molecule has 0 spiro atoms. The van der Waals surface area contributed by atoms with Crippen LogP contribution in [-0.2, 0) is 13.0 Å². The van der Waals surface area contributed by atoms with E-state index in [-0.39, 0.29) is 12.1 Å². The van der Waals surface area contributed by atoms with Gasteiger partial charge in [0.15, 0.2) is 0 Å². The van der Waals surface area contributed by atoms with Gasteiger partial charge in [-0.3, -0.25) is 4.98 Å². The van der Waals surface area contributed by atoms with Crippen molar-refractivity contribution in [2.75, 3.05) is 5.32 Å². The van der Waals surface area contributed by atoms with Crippen LogP contribution in [0.3, 0.4) is 0 Å². The van der Waals surface area contributed by atoms with Gasteiger partial charge in [-0.25, -0.2) is 14.5 Å². The largest absolute Gasteiger partial charge is 0.333 e. The topological polar surface area (TPSA) is 84.7 Å². The number of anilines is 1. The van der Waals surface area contributed by atoms with E-state index in [9.17, 15) is 4.79 Å². The molecule has 1 aliphatic rings. The predicted octanol–water partition coefficient (Wildman–Crippen LogP) is 2.85. The Morgan fingerprint density at radius 2 is 2.32 bits per heavy atom. The molecule has 0 saturated carbocycles. The van der Waals surface area contributed by atoms with E-state index in [0.717, 1.165) is 29.9 Å². The molecule has 25 heavy (non-hydrogen) atoms. The summed E-state index contributed by atoms with van der Waals surface area (Å²) in [6.45, 7) is 2.70. The highest BCUT2D eigenvalue weighted by atomic mass is 32.1. The van der Waals surface area contributed by atoms with Crippen LogP contribution in [0.5, 0.6) is 0 Å². The molecule has 0 aromatic carbocycles. The van der Waals surface area contributed by atoms with E-state index in [0.29, 0.717) is 12.2 Å². The lowest BCUT2D eigenvalue weighted by Gasteiger charge is -2.23. The smallest absolute Gasteiger partial charge is 0.319 e. The van der Waals surface area contributed by atoms with Gasteiger partial charge in [0, 0.05) is 28.4 Å². The Hall–Kier alpha value is -2.74. The molecule has 0 radical (unpaired) electrons. The first-order chi connectivity index (χ1) is 12.2. The Morgan fingerprint density at radius 3 is 3.16 bits per heavy atom. The number of hydrogen-bond donors (Lipinski definition) is 2. The van der Waals surface area contributed by atoms with E-state index in [1.165, 1.54) is 4.88 Å². The van der Waals surface area contributed by atoms with Gasteiger partial charge in [-0.2, -0.15) is 5.10 Å². The maximum atomic E-state index is 12.4. The standard InChI is InChI=1S/C17H18N6OS/c1-11-7-12(9-25-11)16-14(3-2-6-18-16)22-17(24)21-13-4-5-15-19-10-20-23(15)8-13/h2-3,6-7,9-10,13H,4-5,8H2,1H3,(H2,21,22,24). The summed E-state index contributed by atoms with van der Waals surface area (Å²) in [4.78, 5) is 22.3. The highest BCUT2D eigenvalue weighted by Crippen LogP contribution is 2.29.